The van der Waals surface area contributed by atoms with Crippen LogP contribution >= 0.6 is 0 Å². The molecule has 9 nitrogen and oxygen atoms in total. The third-order valence-electron chi connectivity index (χ3n) is 5.16. The second-order valence-corrected chi connectivity index (χ2v) is 7.17. The van der Waals surface area contributed by atoms with Crippen molar-refractivity contribution in [3.63, 3.8) is 0 Å². The highest BCUT2D eigenvalue weighted by molar-refractivity contribution is 5.82. The number of carbonyl (C=O) groups is 1. The molecule has 2 saturated heterocycles. The molecule has 0 spiro atoms. The molecule has 0 aromatic carbocycles. The van der Waals surface area contributed by atoms with E-state index >= 15 is 0 Å². The average Bonchev–Trinajstić information content (AvgIpc) is 3.45. The minimum absolute atomic E-state index is 0.0272. The molecule has 0 bridgehead atoms. The number of nitrogens with zero attached hydrogens (tertiary/aromatic N) is 4. The van der Waals surface area contributed by atoms with Crippen LogP contribution in [0.25, 0.3) is 11.2 Å². The molecule has 1 unspecified atom stereocenters. The van der Waals surface area contributed by atoms with E-state index in [-0.39, 0.29) is 24.3 Å². The Morgan fingerprint density at radius 3 is 3.07 bits per heavy atom. The van der Waals surface area contributed by atoms with E-state index in [1.54, 1.807) is 18.7 Å². The Bertz CT molecular complexity index is 832. The molecule has 150 valence electrons. The number of anilines is 1. The second kappa shape index (κ2) is 8.66. The number of imidazole rings is 1. The minimum Gasteiger partial charge on any atom is -0.379 e. The van der Waals surface area contributed by atoms with Crippen molar-refractivity contribution in [2.24, 2.45) is 0 Å². The zero-order valence-electron chi connectivity index (χ0n) is 15.8. The SMILES string of the molecule is C=CCNC(=O)CC[C@@H]1CCC(n2cnc3c(N[C@@H]4CCOC4)ncnc32)O1. The zero-order chi connectivity index (χ0) is 19.3. The van der Waals surface area contributed by atoms with Crippen molar-refractivity contribution in [1.82, 2.24) is 24.8 Å². The van der Waals surface area contributed by atoms with Crippen molar-refractivity contribution in [2.75, 3.05) is 25.1 Å². The lowest BCUT2D eigenvalue weighted by atomic mass is 10.1. The van der Waals surface area contributed by atoms with Crippen LogP contribution < -0.4 is 10.6 Å². The summed E-state index contributed by atoms with van der Waals surface area (Å²) >= 11 is 0. The highest BCUT2D eigenvalue weighted by Gasteiger charge is 2.29. The fourth-order valence-corrected chi connectivity index (χ4v) is 3.68. The molecule has 3 atom stereocenters. The smallest absolute Gasteiger partial charge is 0.220 e. The van der Waals surface area contributed by atoms with Gasteiger partial charge in [0.15, 0.2) is 17.0 Å². The van der Waals surface area contributed by atoms with E-state index in [2.05, 4.69) is 32.2 Å². The van der Waals surface area contributed by atoms with Crippen molar-refractivity contribution in [1.29, 1.82) is 0 Å². The van der Waals surface area contributed by atoms with Gasteiger partial charge in [0.1, 0.15) is 12.6 Å². The summed E-state index contributed by atoms with van der Waals surface area (Å²) in [6, 6.07) is 0.252. The van der Waals surface area contributed by atoms with Crippen LogP contribution in [0.5, 0.6) is 0 Å². The van der Waals surface area contributed by atoms with Gasteiger partial charge in [-0.25, -0.2) is 15.0 Å². The summed E-state index contributed by atoms with van der Waals surface area (Å²) in [5.74, 6) is 0.757. The maximum Gasteiger partial charge on any atom is 0.220 e. The summed E-state index contributed by atoms with van der Waals surface area (Å²) in [4.78, 5) is 25.1. The number of fused-ring (bicyclic) bond motifs is 1. The zero-order valence-corrected chi connectivity index (χ0v) is 15.8. The van der Waals surface area contributed by atoms with Crippen LogP contribution in [-0.4, -0.2) is 57.3 Å². The van der Waals surface area contributed by atoms with E-state index in [1.165, 1.54) is 0 Å². The first kappa shape index (κ1) is 18.8. The minimum atomic E-state index is -0.121. The van der Waals surface area contributed by atoms with E-state index in [4.69, 9.17) is 9.47 Å². The Hall–Kier alpha value is -2.52. The largest absolute Gasteiger partial charge is 0.379 e. The molecule has 0 aliphatic carbocycles. The Labute approximate surface area is 163 Å². The molecule has 1 amide bonds. The Kier molecular flexibility index (Phi) is 5.82. The second-order valence-electron chi connectivity index (χ2n) is 7.17. The van der Waals surface area contributed by atoms with Crippen molar-refractivity contribution in [2.45, 2.75) is 50.5 Å². The molecule has 0 radical (unpaired) electrons. The molecule has 4 heterocycles. The first-order valence-electron chi connectivity index (χ1n) is 9.79. The van der Waals surface area contributed by atoms with E-state index < -0.39 is 0 Å². The number of nitrogens with one attached hydrogen (secondary N) is 2. The van der Waals surface area contributed by atoms with Gasteiger partial charge in [-0.3, -0.25) is 9.36 Å². The maximum atomic E-state index is 11.8. The molecule has 4 rings (SSSR count). The Balaban J connectivity index is 1.39. The number of ether oxygens (including phenoxy) is 2. The quantitative estimate of drug-likeness (QED) is 0.667. The molecule has 2 fully saturated rings. The molecule has 2 aromatic rings. The predicted molar refractivity (Wildman–Crippen MR) is 104 cm³/mol. The lowest BCUT2D eigenvalue weighted by Gasteiger charge is -2.15. The van der Waals surface area contributed by atoms with Crippen LogP contribution in [0.4, 0.5) is 5.82 Å². The molecule has 2 aromatic heterocycles. The first-order valence-corrected chi connectivity index (χ1v) is 9.79. The molecule has 28 heavy (non-hydrogen) atoms. The molecule has 0 saturated carbocycles. The van der Waals surface area contributed by atoms with Gasteiger partial charge in [-0.1, -0.05) is 6.08 Å². The third kappa shape index (κ3) is 4.15. The standard InChI is InChI=1S/C19H26N6O3/c1-2-8-20-15(26)5-3-14-4-6-16(28-14)25-12-23-17-18(21-11-22-19(17)25)24-13-7-9-27-10-13/h2,11-14,16H,1,3-10H2,(H,20,26)(H,21,22,24)/t13-,14-,16?/m1/s1. The van der Waals surface area contributed by atoms with Crippen molar-refractivity contribution in [3.05, 3.63) is 25.3 Å². The molecule has 2 N–H and O–H groups in total. The van der Waals surface area contributed by atoms with E-state index in [0.29, 0.717) is 26.0 Å². The highest BCUT2D eigenvalue weighted by atomic mass is 16.5. The summed E-state index contributed by atoms with van der Waals surface area (Å²) in [6.45, 7) is 5.54. The first-order chi connectivity index (χ1) is 13.7. The van der Waals surface area contributed by atoms with E-state index in [9.17, 15) is 4.79 Å². The van der Waals surface area contributed by atoms with Gasteiger partial charge in [0, 0.05) is 19.6 Å². The summed E-state index contributed by atoms with van der Waals surface area (Å²) in [7, 11) is 0. The van der Waals surface area contributed by atoms with Crippen LogP contribution in [-0.2, 0) is 14.3 Å². The predicted octanol–water partition coefficient (Wildman–Crippen LogP) is 1.79. The lowest BCUT2D eigenvalue weighted by molar-refractivity contribution is -0.121. The van der Waals surface area contributed by atoms with Crippen LogP contribution in [0.3, 0.4) is 0 Å². The molecular formula is C19H26N6O3. The van der Waals surface area contributed by atoms with Crippen LogP contribution in [0.1, 0.15) is 38.3 Å². The monoisotopic (exact) mass is 386 g/mol. The Morgan fingerprint density at radius 1 is 1.32 bits per heavy atom. The van der Waals surface area contributed by atoms with Gasteiger partial charge in [0.25, 0.3) is 0 Å². The van der Waals surface area contributed by atoms with Crippen LogP contribution in [0.2, 0.25) is 0 Å². The van der Waals surface area contributed by atoms with Crippen molar-refractivity contribution in [3.8, 4) is 0 Å². The number of hydrogen-bond donors (Lipinski definition) is 2. The lowest BCUT2D eigenvalue weighted by Crippen LogP contribution is -2.24. The summed E-state index contributed by atoms with van der Waals surface area (Å²) in [5, 5.41) is 6.20. The topological polar surface area (TPSA) is 103 Å². The van der Waals surface area contributed by atoms with E-state index in [1.807, 2.05) is 4.57 Å². The van der Waals surface area contributed by atoms with Gasteiger partial charge in [-0.05, 0) is 25.7 Å². The van der Waals surface area contributed by atoms with Crippen molar-refractivity contribution < 1.29 is 14.3 Å². The van der Waals surface area contributed by atoms with Gasteiger partial charge in [0.05, 0.1) is 25.1 Å². The van der Waals surface area contributed by atoms with Crippen LogP contribution in [0.15, 0.2) is 25.3 Å². The number of rotatable bonds is 8. The van der Waals surface area contributed by atoms with E-state index in [0.717, 1.165) is 42.9 Å². The van der Waals surface area contributed by atoms with Gasteiger partial charge >= 0.3 is 0 Å². The number of carbonyl (C=O) groups excluding carboxylic acids is 1. The van der Waals surface area contributed by atoms with Gasteiger partial charge in [-0.15, -0.1) is 6.58 Å². The summed E-state index contributed by atoms with van der Waals surface area (Å²) in [6.07, 6.45) is 8.83. The van der Waals surface area contributed by atoms with Gasteiger partial charge in [0.2, 0.25) is 5.91 Å². The van der Waals surface area contributed by atoms with Gasteiger partial charge in [-0.2, -0.15) is 0 Å². The van der Waals surface area contributed by atoms with Crippen LogP contribution in [0, 0.1) is 0 Å². The summed E-state index contributed by atoms with van der Waals surface area (Å²) in [5.41, 5.74) is 1.50. The number of amides is 1. The number of hydrogen-bond acceptors (Lipinski definition) is 7. The fourth-order valence-electron chi connectivity index (χ4n) is 3.68. The Morgan fingerprint density at radius 2 is 2.25 bits per heavy atom. The molecular weight excluding hydrogens is 360 g/mol. The third-order valence-corrected chi connectivity index (χ3v) is 5.16. The summed E-state index contributed by atoms with van der Waals surface area (Å²) < 4.78 is 13.5. The maximum absolute atomic E-state index is 11.8. The number of aromatic nitrogens is 4. The fraction of sp³-hybridized carbons (Fsp3) is 0.579. The van der Waals surface area contributed by atoms with Gasteiger partial charge < -0.3 is 20.1 Å². The van der Waals surface area contributed by atoms with Crippen molar-refractivity contribution >= 4 is 22.9 Å². The molecule has 2 aliphatic heterocycles. The molecule has 2 aliphatic rings. The average molecular weight is 386 g/mol. The molecule has 9 heteroatoms. The highest BCUT2D eigenvalue weighted by Crippen LogP contribution is 2.33. The normalized spacial score (nSPS) is 24.5.